The van der Waals surface area contributed by atoms with E-state index in [-0.39, 0.29) is 16.8 Å². The van der Waals surface area contributed by atoms with Gasteiger partial charge in [-0.25, -0.2) is 9.97 Å². The third kappa shape index (κ3) is 5.65. The maximum Gasteiger partial charge on any atom is 0.416 e. The number of carbonyl (C=O) groups is 1. The zero-order chi connectivity index (χ0) is 28.5. The molecule has 0 saturated carbocycles. The summed E-state index contributed by atoms with van der Waals surface area (Å²) in [5.41, 5.74) is 3.25. The summed E-state index contributed by atoms with van der Waals surface area (Å²) in [4.78, 5) is 22.3. The molecule has 0 aliphatic carbocycles. The van der Waals surface area contributed by atoms with Crippen molar-refractivity contribution in [2.24, 2.45) is 0 Å². The number of nitrogens with one attached hydrogen (secondary N) is 3. The van der Waals surface area contributed by atoms with Crippen molar-refractivity contribution >= 4 is 28.4 Å². The Balaban J connectivity index is 1.36. The minimum absolute atomic E-state index is 0.0246. The summed E-state index contributed by atoms with van der Waals surface area (Å²) in [6.07, 6.45) is 0.626. The van der Waals surface area contributed by atoms with E-state index in [2.05, 4.69) is 32.8 Å². The number of hydrogen-bond acceptors (Lipinski definition) is 5. The van der Waals surface area contributed by atoms with Gasteiger partial charge >= 0.3 is 6.18 Å². The Bertz CT molecular complexity index is 1560. The fraction of sp³-hybridized carbons (Fsp3) is 0.323. The number of halogens is 3. The van der Waals surface area contributed by atoms with Gasteiger partial charge in [0, 0.05) is 34.9 Å². The van der Waals surface area contributed by atoms with E-state index in [1.54, 1.807) is 18.3 Å². The second-order valence-corrected chi connectivity index (χ2v) is 10.4. The molecule has 0 spiro atoms. The van der Waals surface area contributed by atoms with Gasteiger partial charge in [0.05, 0.1) is 11.1 Å². The second kappa shape index (κ2) is 10.9. The third-order valence-corrected chi connectivity index (χ3v) is 7.87. The van der Waals surface area contributed by atoms with Gasteiger partial charge < -0.3 is 16.0 Å². The lowest BCUT2D eigenvalue weighted by Crippen LogP contribution is -2.45. The van der Waals surface area contributed by atoms with E-state index < -0.39 is 17.6 Å². The first-order valence-corrected chi connectivity index (χ1v) is 13.4. The van der Waals surface area contributed by atoms with Gasteiger partial charge in [-0.1, -0.05) is 25.1 Å². The van der Waals surface area contributed by atoms with Crippen LogP contribution in [0.15, 0.2) is 60.8 Å². The molecular formula is C31H32F3N5O. The molecule has 3 N–H and O–H groups in total. The maximum atomic E-state index is 13.3. The van der Waals surface area contributed by atoms with E-state index in [1.165, 1.54) is 25.5 Å². The molecule has 4 aromatic rings. The van der Waals surface area contributed by atoms with Crippen molar-refractivity contribution in [2.75, 3.05) is 23.7 Å². The Labute approximate surface area is 231 Å². The Morgan fingerprint density at radius 2 is 1.93 bits per heavy atom. The molecule has 1 aromatic heterocycles. The van der Waals surface area contributed by atoms with E-state index in [4.69, 9.17) is 0 Å². The Kier molecular flexibility index (Phi) is 7.51. The molecule has 0 unspecified atom stereocenters. The van der Waals surface area contributed by atoms with E-state index in [1.807, 2.05) is 31.2 Å². The molecule has 1 aliphatic rings. The number of rotatable bonds is 7. The molecule has 1 aliphatic heterocycles. The number of fused-ring (bicyclic) bond motifs is 1. The van der Waals surface area contributed by atoms with Gasteiger partial charge in [-0.15, -0.1) is 0 Å². The topological polar surface area (TPSA) is 78.9 Å². The lowest BCUT2D eigenvalue weighted by molar-refractivity contribution is -0.138. The number of aromatic nitrogens is 2. The largest absolute Gasteiger partial charge is 0.416 e. The third-order valence-electron chi connectivity index (χ3n) is 7.87. The monoisotopic (exact) mass is 547 g/mol. The summed E-state index contributed by atoms with van der Waals surface area (Å²) < 4.78 is 39.9. The number of nitrogens with zero attached hydrogens (tertiary/aromatic N) is 2. The molecule has 208 valence electrons. The Morgan fingerprint density at radius 3 is 2.65 bits per heavy atom. The molecule has 3 aromatic carbocycles. The molecule has 6 nitrogen and oxygen atoms in total. The molecule has 0 bridgehead atoms. The van der Waals surface area contributed by atoms with Crippen molar-refractivity contribution < 1.29 is 18.0 Å². The molecule has 9 heteroatoms. The van der Waals surface area contributed by atoms with Crippen molar-refractivity contribution in [1.29, 1.82) is 0 Å². The zero-order valence-electron chi connectivity index (χ0n) is 22.7. The van der Waals surface area contributed by atoms with Crippen molar-refractivity contribution in [3.63, 3.8) is 0 Å². The van der Waals surface area contributed by atoms with Crippen LogP contribution in [0, 0.1) is 13.8 Å². The molecule has 1 fully saturated rings. The highest BCUT2D eigenvalue weighted by Gasteiger charge is 2.33. The number of hydrogen-bond donors (Lipinski definition) is 3. The fourth-order valence-electron chi connectivity index (χ4n) is 5.33. The predicted octanol–water partition coefficient (Wildman–Crippen LogP) is 7.13. The number of alkyl halides is 3. The van der Waals surface area contributed by atoms with Crippen molar-refractivity contribution in [3.8, 4) is 11.1 Å². The molecule has 0 radical (unpaired) electrons. The minimum Gasteiger partial charge on any atom is -0.352 e. The highest BCUT2D eigenvalue weighted by atomic mass is 19.4. The zero-order valence-corrected chi connectivity index (χ0v) is 22.7. The van der Waals surface area contributed by atoms with Crippen LogP contribution >= 0.6 is 0 Å². The standard InChI is InChI=1S/C31H32F3N5O/c1-4-30(13-6-14-37-30)18-36-29-35-17-23-15-21(11-12-27(23)39-29)24-16-22(10-9-19(24)2)28(40)38-26-8-5-7-25(20(26)3)31(32,33)34/h5,7-12,15-17,37H,4,6,13-14,18H2,1-3H3,(H,38,40)(H,35,36,39)/t30-/m1/s1. The van der Waals surface area contributed by atoms with Gasteiger partial charge in [-0.3, -0.25) is 4.79 Å². The van der Waals surface area contributed by atoms with Crippen LogP contribution in [0.3, 0.4) is 0 Å². The van der Waals surface area contributed by atoms with Crippen LogP contribution in [0.4, 0.5) is 24.8 Å². The van der Waals surface area contributed by atoms with E-state index in [9.17, 15) is 18.0 Å². The van der Waals surface area contributed by atoms with Crippen LogP contribution in [0.1, 0.15) is 53.2 Å². The maximum absolute atomic E-state index is 13.3. The van der Waals surface area contributed by atoms with Gasteiger partial charge in [-0.05, 0) is 98.3 Å². The van der Waals surface area contributed by atoms with Crippen LogP contribution in [-0.4, -0.2) is 34.5 Å². The number of aryl methyl sites for hydroxylation is 1. The number of anilines is 2. The summed E-state index contributed by atoms with van der Waals surface area (Å²) in [7, 11) is 0. The van der Waals surface area contributed by atoms with E-state index >= 15 is 0 Å². The molecule has 1 saturated heterocycles. The highest BCUT2D eigenvalue weighted by Crippen LogP contribution is 2.35. The summed E-state index contributed by atoms with van der Waals surface area (Å²) >= 11 is 0. The number of carbonyl (C=O) groups excluding carboxylic acids is 1. The first-order chi connectivity index (χ1) is 19.1. The SMILES string of the molecule is CC[C@]1(CNc2ncc3cc(-c4cc(C(=O)Nc5cccc(C(F)(F)F)c5C)ccc4C)ccc3n2)CCCN1. The lowest BCUT2D eigenvalue weighted by atomic mass is 9.94. The normalized spacial score (nSPS) is 17.2. The smallest absolute Gasteiger partial charge is 0.352 e. The Morgan fingerprint density at radius 1 is 1.10 bits per heavy atom. The molecule has 1 amide bonds. The van der Waals surface area contributed by atoms with Crippen LogP contribution in [0.2, 0.25) is 0 Å². The molecule has 1 atom stereocenters. The number of amides is 1. The average Bonchev–Trinajstić information content (AvgIpc) is 3.42. The highest BCUT2D eigenvalue weighted by molar-refractivity contribution is 6.05. The predicted molar refractivity (Wildman–Crippen MR) is 153 cm³/mol. The van der Waals surface area contributed by atoms with Crippen LogP contribution in [0.5, 0.6) is 0 Å². The van der Waals surface area contributed by atoms with Crippen molar-refractivity contribution in [1.82, 2.24) is 15.3 Å². The summed E-state index contributed by atoms with van der Waals surface area (Å²) in [6.45, 7) is 7.29. The summed E-state index contributed by atoms with van der Waals surface area (Å²) in [6, 6.07) is 14.9. The average molecular weight is 548 g/mol. The van der Waals surface area contributed by atoms with E-state index in [0.29, 0.717) is 11.5 Å². The van der Waals surface area contributed by atoms with Crippen molar-refractivity contribution in [2.45, 2.75) is 51.7 Å². The van der Waals surface area contributed by atoms with E-state index in [0.717, 1.165) is 59.6 Å². The van der Waals surface area contributed by atoms with Gasteiger partial charge in [0.25, 0.3) is 5.91 Å². The molecule has 5 rings (SSSR count). The quantitative estimate of drug-likeness (QED) is 0.229. The summed E-state index contributed by atoms with van der Waals surface area (Å²) in [5.74, 6) is 0.103. The van der Waals surface area contributed by atoms with Crippen LogP contribution in [0.25, 0.3) is 22.0 Å². The van der Waals surface area contributed by atoms with Gasteiger partial charge in [-0.2, -0.15) is 13.2 Å². The van der Waals surface area contributed by atoms with Crippen LogP contribution in [-0.2, 0) is 6.18 Å². The lowest BCUT2D eigenvalue weighted by Gasteiger charge is -2.28. The first-order valence-electron chi connectivity index (χ1n) is 13.4. The molecule has 2 heterocycles. The van der Waals surface area contributed by atoms with Crippen LogP contribution < -0.4 is 16.0 Å². The molecule has 40 heavy (non-hydrogen) atoms. The molecular weight excluding hydrogens is 515 g/mol. The number of benzene rings is 3. The fourth-order valence-corrected chi connectivity index (χ4v) is 5.33. The summed E-state index contributed by atoms with van der Waals surface area (Å²) in [5, 5.41) is 10.5. The second-order valence-electron chi connectivity index (χ2n) is 10.4. The van der Waals surface area contributed by atoms with Gasteiger partial charge in [0.2, 0.25) is 5.95 Å². The van der Waals surface area contributed by atoms with Crippen molar-refractivity contribution in [3.05, 3.63) is 83.0 Å². The first kappa shape index (κ1) is 27.6. The van der Waals surface area contributed by atoms with Gasteiger partial charge in [0.15, 0.2) is 0 Å². The van der Waals surface area contributed by atoms with Gasteiger partial charge in [0.1, 0.15) is 0 Å². The minimum atomic E-state index is -4.50. The Hall–Kier alpha value is -3.98.